The van der Waals surface area contributed by atoms with Crippen LogP contribution in [-0.2, 0) is 9.47 Å². The summed E-state index contributed by atoms with van der Waals surface area (Å²) >= 11 is 0. The highest BCUT2D eigenvalue weighted by Gasteiger charge is 2.33. The summed E-state index contributed by atoms with van der Waals surface area (Å²) < 4.78 is 10.5. The zero-order chi connectivity index (χ0) is 18.0. The largest absolute Gasteiger partial charge is 0.443 e. The minimum Gasteiger partial charge on any atom is -0.443 e. The molecular weight excluding hydrogens is 295 g/mol. The number of rotatable bonds is 1. The van der Waals surface area contributed by atoms with Gasteiger partial charge < -0.3 is 15.2 Å². The molecule has 0 saturated heterocycles. The zero-order valence-corrected chi connectivity index (χ0v) is 14.5. The van der Waals surface area contributed by atoms with Crippen molar-refractivity contribution < 1.29 is 19.1 Å². The molecule has 1 aromatic carbocycles. The fourth-order valence-electron chi connectivity index (χ4n) is 1.66. The first-order valence-corrected chi connectivity index (χ1v) is 7.21. The first-order valence-electron chi connectivity index (χ1n) is 7.21. The Labute approximate surface area is 138 Å². The van der Waals surface area contributed by atoms with Gasteiger partial charge >= 0.3 is 12.2 Å². The molecule has 0 aromatic heterocycles. The second kappa shape index (κ2) is 6.52. The van der Waals surface area contributed by atoms with Crippen LogP contribution in [0.25, 0.3) is 0 Å². The lowest BCUT2D eigenvalue weighted by Gasteiger charge is -2.29. The van der Waals surface area contributed by atoms with Crippen LogP contribution in [0.1, 0.15) is 41.5 Å². The van der Waals surface area contributed by atoms with E-state index in [1.54, 1.807) is 41.5 Å². The Balaban J connectivity index is 3.25. The molecular formula is C16H23BN2O4. The molecule has 0 spiro atoms. The molecule has 7 heteroatoms. The summed E-state index contributed by atoms with van der Waals surface area (Å²) in [5.74, 6) is 0. The standard InChI is InChI=1S/C16H23BN2O4/c1-15(2,3)22-13(20)19(14(21)23-16(4,5)6)12-8-7-10(18)9-11(12)17/h7-9H,18H2,1-6H3. The third-order valence-electron chi connectivity index (χ3n) is 2.44. The lowest BCUT2D eigenvalue weighted by Crippen LogP contribution is -2.45. The summed E-state index contributed by atoms with van der Waals surface area (Å²) in [5.41, 5.74) is 4.84. The van der Waals surface area contributed by atoms with Crippen molar-refractivity contribution in [1.29, 1.82) is 0 Å². The van der Waals surface area contributed by atoms with Gasteiger partial charge in [0.25, 0.3) is 0 Å². The Kier molecular flexibility index (Phi) is 5.35. The lowest BCUT2D eigenvalue weighted by molar-refractivity contribution is 0.0431. The van der Waals surface area contributed by atoms with E-state index in [1.165, 1.54) is 18.2 Å². The van der Waals surface area contributed by atoms with Gasteiger partial charge in [0.15, 0.2) is 0 Å². The van der Waals surface area contributed by atoms with Crippen molar-refractivity contribution in [2.24, 2.45) is 0 Å². The third kappa shape index (κ3) is 5.85. The molecule has 2 radical (unpaired) electrons. The number of carbonyl (C=O) groups excluding carboxylic acids is 2. The minimum atomic E-state index is -0.872. The summed E-state index contributed by atoms with van der Waals surface area (Å²) in [6.45, 7) is 10.2. The van der Waals surface area contributed by atoms with Crippen LogP contribution >= 0.6 is 0 Å². The molecule has 23 heavy (non-hydrogen) atoms. The number of nitrogen functional groups attached to an aromatic ring is 1. The Morgan fingerprint density at radius 3 is 1.78 bits per heavy atom. The van der Waals surface area contributed by atoms with Crippen LogP contribution in [0, 0.1) is 0 Å². The first kappa shape index (κ1) is 18.9. The first-order chi connectivity index (χ1) is 10.3. The van der Waals surface area contributed by atoms with Crippen molar-refractivity contribution in [2.45, 2.75) is 52.7 Å². The molecule has 1 aromatic rings. The van der Waals surface area contributed by atoms with Gasteiger partial charge in [-0.3, -0.25) is 0 Å². The highest BCUT2D eigenvalue weighted by Crippen LogP contribution is 2.21. The number of hydrogen-bond acceptors (Lipinski definition) is 5. The van der Waals surface area contributed by atoms with Crippen LogP contribution in [-0.4, -0.2) is 31.2 Å². The molecule has 0 aliphatic rings. The van der Waals surface area contributed by atoms with Crippen molar-refractivity contribution >= 4 is 36.9 Å². The summed E-state index contributed by atoms with van der Waals surface area (Å²) in [4.78, 5) is 25.6. The summed E-state index contributed by atoms with van der Waals surface area (Å²) in [5, 5.41) is 0. The van der Waals surface area contributed by atoms with E-state index in [0.717, 1.165) is 4.90 Å². The Bertz CT molecular complexity index is 575. The summed E-state index contributed by atoms with van der Waals surface area (Å²) in [6.07, 6.45) is -1.74. The monoisotopic (exact) mass is 318 g/mol. The number of imide groups is 1. The lowest BCUT2D eigenvalue weighted by atomic mass is 9.93. The summed E-state index contributed by atoms with van der Waals surface area (Å²) in [6, 6.07) is 4.46. The van der Waals surface area contributed by atoms with E-state index < -0.39 is 23.4 Å². The quantitative estimate of drug-likeness (QED) is 0.636. The van der Waals surface area contributed by atoms with Gasteiger partial charge in [0.2, 0.25) is 0 Å². The molecule has 2 amide bonds. The third-order valence-corrected chi connectivity index (χ3v) is 2.44. The van der Waals surface area contributed by atoms with Crippen LogP contribution < -0.4 is 16.1 Å². The fourth-order valence-corrected chi connectivity index (χ4v) is 1.66. The van der Waals surface area contributed by atoms with Crippen LogP contribution in [0.3, 0.4) is 0 Å². The number of anilines is 2. The maximum Gasteiger partial charge on any atom is 0.424 e. The molecule has 2 N–H and O–H groups in total. The predicted molar refractivity (Wildman–Crippen MR) is 91.2 cm³/mol. The van der Waals surface area contributed by atoms with Gasteiger partial charge in [-0.05, 0) is 59.7 Å². The highest BCUT2D eigenvalue weighted by atomic mass is 16.6. The second-order valence-corrected chi connectivity index (χ2v) is 7.11. The van der Waals surface area contributed by atoms with Crippen molar-refractivity contribution in [3.8, 4) is 0 Å². The van der Waals surface area contributed by atoms with E-state index in [9.17, 15) is 9.59 Å². The van der Waals surface area contributed by atoms with Gasteiger partial charge in [-0.2, -0.15) is 4.90 Å². The van der Waals surface area contributed by atoms with Crippen LogP contribution in [0.4, 0.5) is 21.0 Å². The van der Waals surface area contributed by atoms with Gasteiger partial charge in [0.1, 0.15) is 19.0 Å². The van der Waals surface area contributed by atoms with E-state index >= 15 is 0 Å². The molecule has 0 aliphatic heterocycles. The van der Waals surface area contributed by atoms with Gasteiger partial charge in [-0.1, -0.05) is 5.46 Å². The number of hydrogen-bond donors (Lipinski definition) is 1. The zero-order valence-electron chi connectivity index (χ0n) is 14.5. The number of nitrogens with zero attached hydrogens (tertiary/aromatic N) is 1. The molecule has 0 saturated carbocycles. The van der Waals surface area contributed by atoms with Crippen molar-refractivity contribution in [3.05, 3.63) is 18.2 Å². The van der Waals surface area contributed by atoms with E-state index in [4.69, 9.17) is 23.1 Å². The molecule has 0 bridgehead atoms. The van der Waals surface area contributed by atoms with Crippen molar-refractivity contribution in [3.63, 3.8) is 0 Å². The van der Waals surface area contributed by atoms with Crippen LogP contribution in [0.5, 0.6) is 0 Å². The maximum absolute atomic E-state index is 12.4. The molecule has 0 aliphatic carbocycles. The van der Waals surface area contributed by atoms with Gasteiger partial charge in [0.05, 0.1) is 5.69 Å². The van der Waals surface area contributed by atoms with Crippen molar-refractivity contribution in [1.82, 2.24) is 0 Å². The maximum atomic E-state index is 12.4. The predicted octanol–water partition coefficient (Wildman–Crippen LogP) is 2.74. The molecule has 0 heterocycles. The molecule has 0 fully saturated rings. The molecule has 6 nitrogen and oxygen atoms in total. The Morgan fingerprint density at radius 2 is 1.43 bits per heavy atom. The fraction of sp³-hybridized carbons (Fsp3) is 0.500. The minimum absolute atomic E-state index is 0.155. The van der Waals surface area contributed by atoms with E-state index in [0.29, 0.717) is 5.69 Å². The Morgan fingerprint density at radius 1 is 1.00 bits per heavy atom. The van der Waals surface area contributed by atoms with Gasteiger partial charge in [-0.25, -0.2) is 9.59 Å². The van der Waals surface area contributed by atoms with Gasteiger partial charge in [0, 0.05) is 5.69 Å². The number of nitrogens with two attached hydrogens (primary N) is 1. The van der Waals surface area contributed by atoms with Crippen molar-refractivity contribution in [2.75, 3.05) is 10.6 Å². The number of carbonyl (C=O) groups is 2. The van der Waals surface area contributed by atoms with Crippen LogP contribution in [0.15, 0.2) is 18.2 Å². The highest BCUT2D eigenvalue weighted by molar-refractivity contribution is 6.38. The second-order valence-electron chi connectivity index (χ2n) is 7.11. The van der Waals surface area contributed by atoms with Gasteiger partial charge in [-0.15, -0.1) is 0 Å². The average molecular weight is 318 g/mol. The average Bonchev–Trinajstić information content (AvgIpc) is 2.27. The van der Waals surface area contributed by atoms with E-state index in [2.05, 4.69) is 0 Å². The molecule has 0 atom stereocenters. The Hall–Kier alpha value is -2.18. The molecule has 1 rings (SSSR count). The number of ether oxygens (including phenoxy) is 2. The molecule has 124 valence electrons. The topological polar surface area (TPSA) is 81.9 Å². The SMILES string of the molecule is [B]c1cc(N)ccc1N(C(=O)OC(C)(C)C)C(=O)OC(C)(C)C. The summed E-state index contributed by atoms with van der Waals surface area (Å²) in [7, 11) is 5.89. The number of amides is 2. The normalized spacial score (nSPS) is 11.7. The van der Waals surface area contributed by atoms with Crippen LogP contribution in [0.2, 0.25) is 0 Å². The van der Waals surface area contributed by atoms with E-state index in [1.807, 2.05) is 0 Å². The number of benzene rings is 1. The smallest absolute Gasteiger partial charge is 0.424 e. The molecule has 0 unspecified atom stereocenters. The van der Waals surface area contributed by atoms with E-state index in [-0.39, 0.29) is 11.2 Å².